The van der Waals surface area contributed by atoms with E-state index < -0.39 is 0 Å². The van der Waals surface area contributed by atoms with E-state index in [1.54, 1.807) is 12.1 Å². The van der Waals surface area contributed by atoms with E-state index in [-0.39, 0.29) is 5.75 Å². The Kier molecular flexibility index (Phi) is 4.56. The molecule has 5 heteroatoms. The summed E-state index contributed by atoms with van der Waals surface area (Å²) < 4.78 is 5.97. The van der Waals surface area contributed by atoms with Crippen molar-refractivity contribution in [3.63, 3.8) is 0 Å². The number of halogens is 2. The number of phenolic OH excluding ortho intramolecular Hbond substituents is 1. The molecule has 0 bridgehead atoms. The van der Waals surface area contributed by atoms with Crippen LogP contribution in [0.2, 0.25) is 5.02 Å². The highest BCUT2D eigenvalue weighted by molar-refractivity contribution is 9.10. The minimum atomic E-state index is 0.104. The largest absolute Gasteiger partial charge is 0.504 e. The molecule has 0 fully saturated rings. The van der Waals surface area contributed by atoms with Gasteiger partial charge >= 0.3 is 0 Å². The molecule has 19 heavy (non-hydrogen) atoms. The highest BCUT2D eigenvalue weighted by Crippen LogP contribution is 2.29. The van der Waals surface area contributed by atoms with Crippen molar-refractivity contribution < 1.29 is 9.84 Å². The Hall–Kier alpha value is -1.39. The van der Waals surface area contributed by atoms with Crippen LogP contribution >= 0.6 is 27.5 Å². The summed E-state index contributed by atoms with van der Waals surface area (Å²) in [6.45, 7) is 0.573. The smallest absolute Gasteiger partial charge is 0.160 e. The van der Waals surface area contributed by atoms with Gasteiger partial charge in [0.15, 0.2) is 11.5 Å². The first-order valence-electron chi connectivity index (χ1n) is 5.65. The summed E-state index contributed by atoms with van der Waals surface area (Å²) in [4.78, 5) is 0. The first-order valence-corrected chi connectivity index (χ1v) is 6.82. The number of benzene rings is 2. The molecule has 2 N–H and O–H groups in total. The number of aromatic hydroxyl groups is 1. The standard InChI is InChI=1S/C14H13BrClNO2/c1-19-14-5-3-11(7-13(14)18)17-8-9-6-10(15)2-4-12(9)16/h2-7,17-18H,8H2,1H3. The fourth-order valence-corrected chi connectivity index (χ4v) is 2.27. The van der Waals surface area contributed by atoms with Gasteiger partial charge in [0.05, 0.1) is 7.11 Å². The summed E-state index contributed by atoms with van der Waals surface area (Å²) >= 11 is 9.52. The fraction of sp³-hybridized carbons (Fsp3) is 0.143. The lowest BCUT2D eigenvalue weighted by molar-refractivity contribution is 0.373. The monoisotopic (exact) mass is 341 g/mol. The van der Waals surface area contributed by atoms with Crippen molar-refractivity contribution in [3.05, 3.63) is 51.5 Å². The van der Waals surface area contributed by atoms with Gasteiger partial charge in [-0.3, -0.25) is 0 Å². The van der Waals surface area contributed by atoms with Gasteiger partial charge in [0.25, 0.3) is 0 Å². The lowest BCUT2D eigenvalue weighted by Gasteiger charge is -2.10. The lowest BCUT2D eigenvalue weighted by atomic mass is 10.2. The summed E-state index contributed by atoms with van der Waals surface area (Å²) in [6.07, 6.45) is 0. The van der Waals surface area contributed by atoms with Crippen LogP contribution in [-0.4, -0.2) is 12.2 Å². The van der Waals surface area contributed by atoms with Crippen molar-refractivity contribution in [1.82, 2.24) is 0 Å². The van der Waals surface area contributed by atoms with Crippen LogP contribution in [0, 0.1) is 0 Å². The van der Waals surface area contributed by atoms with Crippen LogP contribution in [-0.2, 0) is 6.54 Å². The lowest BCUT2D eigenvalue weighted by Crippen LogP contribution is -2.00. The number of ether oxygens (including phenoxy) is 1. The fourth-order valence-electron chi connectivity index (χ4n) is 1.68. The van der Waals surface area contributed by atoms with E-state index in [1.165, 1.54) is 7.11 Å². The zero-order valence-electron chi connectivity index (χ0n) is 10.3. The van der Waals surface area contributed by atoms with E-state index in [0.717, 1.165) is 15.7 Å². The Morgan fingerprint density at radius 2 is 2.05 bits per heavy atom. The van der Waals surface area contributed by atoms with E-state index in [9.17, 15) is 5.11 Å². The first kappa shape index (κ1) is 14.0. The third-order valence-electron chi connectivity index (χ3n) is 2.67. The number of nitrogens with one attached hydrogen (secondary N) is 1. The molecule has 0 heterocycles. The van der Waals surface area contributed by atoms with Crippen molar-refractivity contribution in [2.45, 2.75) is 6.54 Å². The van der Waals surface area contributed by atoms with E-state index >= 15 is 0 Å². The summed E-state index contributed by atoms with van der Waals surface area (Å²) in [7, 11) is 1.52. The second kappa shape index (κ2) is 6.17. The molecule has 0 aromatic heterocycles. The highest BCUT2D eigenvalue weighted by Gasteiger charge is 2.04. The second-order valence-electron chi connectivity index (χ2n) is 3.98. The van der Waals surface area contributed by atoms with Crippen LogP contribution in [0.1, 0.15) is 5.56 Å². The van der Waals surface area contributed by atoms with Gasteiger partial charge in [-0.15, -0.1) is 0 Å². The first-order chi connectivity index (χ1) is 9.10. The number of methoxy groups -OCH3 is 1. The molecule has 0 radical (unpaired) electrons. The summed E-state index contributed by atoms with van der Waals surface area (Å²) in [5.41, 5.74) is 1.78. The molecule has 0 atom stereocenters. The zero-order valence-corrected chi connectivity index (χ0v) is 12.6. The van der Waals surface area contributed by atoms with E-state index in [0.29, 0.717) is 17.3 Å². The molecule has 2 aromatic rings. The molecular weight excluding hydrogens is 330 g/mol. The van der Waals surface area contributed by atoms with Gasteiger partial charge in [0.2, 0.25) is 0 Å². The van der Waals surface area contributed by atoms with E-state index in [4.69, 9.17) is 16.3 Å². The Balaban J connectivity index is 2.10. The number of hydrogen-bond acceptors (Lipinski definition) is 3. The van der Waals surface area contributed by atoms with Crippen LogP contribution in [0.15, 0.2) is 40.9 Å². The normalized spacial score (nSPS) is 10.3. The average Bonchev–Trinajstić information content (AvgIpc) is 2.40. The second-order valence-corrected chi connectivity index (χ2v) is 5.30. The summed E-state index contributed by atoms with van der Waals surface area (Å²) in [5, 5.41) is 13.6. The molecule has 0 aliphatic rings. The molecular formula is C14H13BrClNO2. The average molecular weight is 343 g/mol. The SMILES string of the molecule is COc1ccc(NCc2cc(Br)ccc2Cl)cc1O. The molecule has 0 spiro atoms. The third kappa shape index (κ3) is 3.55. The van der Waals surface area contributed by atoms with Gasteiger partial charge in [-0.1, -0.05) is 27.5 Å². The molecule has 0 saturated heterocycles. The van der Waals surface area contributed by atoms with Crippen LogP contribution in [0.3, 0.4) is 0 Å². The van der Waals surface area contributed by atoms with Crippen molar-refractivity contribution in [2.24, 2.45) is 0 Å². The summed E-state index contributed by atoms with van der Waals surface area (Å²) in [5.74, 6) is 0.555. The van der Waals surface area contributed by atoms with Crippen molar-refractivity contribution >= 4 is 33.2 Å². The van der Waals surface area contributed by atoms with Gasteiger partial charge in [0, 0.05) is 27.8 Å². The molecule has 0 aliphatic carbocycles. The highest BCUT2D eigenvalue weighted by atomic mass is 79.9. The van der Waals surface area contributed by atoms with Crippen molar-refractivity contribution in [2.75, 3.05) is 12.4 Å². The van der Waals surface area contributed by atoms with Crippen LogP contribution in [0.4, 0.5) is 5.69 Å². The molecule has 2 aromatic carbocycles. The minimum Gasteiger partial charge on any atom is -0.504 e. The zero-order chi connectivity index (χ0) is 13.8. The minimum absolute atomic E-state index is 0.104. The molecule has 0 amide bonds. The Bertz CT molecular complexity index is 590. The van der Waals surface area contributed by atoms with Crippen LogP contribution < -0.4 is 10.1 Å². The summed E-state index contributed by atoms with van der Waals surface area (Å²) in [6, 6.07) is 10.9. The molecule has 0 aliphatic heterocycles. The number of rotatable bonds is 4. The third-order valence-corrected chi connectivity index (χ3v) is 3.53. The Labute approximate surface area is 125 Å². The molecule has 0 unspecified atom stereocenters. The van der Waals surface area contributed by atoms with Crippen LogP contribution in [0.25, 0.3) is 0 Å². The maximum atomic E-state index is 9.69. The number of hydrogen-bond donors (Lipinski definition) is 2. The maximum Gasteiger partial charge on any atom is 0.160 e. The maximum absolute atomic E-state index is 9.69. The Morgan fingerprint density at radius 3 is 2.74 bits per heavy atom. The topological polar surface area (TPSA) is 41.5 Å². The Morgan fingerprint density at radius 1 is 1.26 bits per heavy atom. The van der Waals surface area contributed by atoms with Crippen LogP contribution in [0.5, 0.6) is 11.5 Å². The quantitative estimate of drug-likeness (QED) is 0.863. The predicted octanol–water partition coefficient (Wildman–Crippen LogP) is 4.43. The molecule has 2 rings (SSSR count). The number of phenols is 1. The van der Waals surface area contributed by atoms with E-state index in [1.807, 2.05) is 24.3 Å². The van der Waals surface area contributed by atoms with E-state index in [2.05, 4.69) is 21.2 Å². The molecule has 3 nitrogen and oxygen atoms in total. The van der Waals surface area contributed by atoms with Gasteiger partial charge in [-0.05, 0) is 35.9 Å². The van der Waals surface area contributed by atoms with Crippen molar-refractivity contribution in [1.29, 1.82) is 0 Å². The molecule has 100 valence electrons. The van der Waals surface area contributed by atoms with Gasteiger partial charge in [-0.2, -0.15) is 0 Å². The van der Waals surface area contributed by atoms with Gasteiger partial charge in [0.1, 0.15) is 0 Å². The van der Waals surface area contributed by atoms with Gasteiger partial charge < -0.3 is 15.2 Å². The predicted molar refractivity (Wildman–Crippen MR) is 81.1 cm³/mol. The van der Waals surface area contributed by atoms with Gasteiger partial charge in [-0.25, -0.2) is 0 Å². The number of anilines is 1. The molecule has 0 saturated carbocycles. The van der Waals surface area contributed by atoms with Crippen molar-refractivity contribution in [3.8, 4) is 11.5 Å².